The van der Waals surface area contributed by atoms with E-state index in [1.807, 2.05) is 12.1 Å². The standard InChI is InChI=1S/C20H16N4O5S2/c1-29-18(26)15-8-6-13(7-9-15)12-30-20-23-22-19(31-20)21-17(25)11-10-14-4-2-3-5-16(14)24(27)28/h2-11H,12H2,1H3,(H,21,22,25). The lowest BCUT2D eigenvalue weighted by Crippen LogP contribution is -2.07. The Morgan fingerprint density at radius 3 is 2.65 bits per heavy atom. The fraction of sp³-hybridized carbons (Fsp3) is 0.100. The number of aromatic nitrogens is 2. The summed E-state index contributed by atoms with van der Waals surface area (Å²) in [4.78, 5) is 34.1. The monoisotopic (exact) mass is 456 g/mol. The number of para-hydroxylation sites is 1. The number of amides is 1. The number of esters is 1. The lowest BCUT2D eigenvalue weighted by Gasteiger charge is -2.01. The van der Waals surface area contributed by atoms with Gasteiger partial charge in [-0.1, -0.05) is 47.4 Å². The van der Waals surface area contributed by atoms with E-state index in [1.54, 1.807) is 30.3 Å². The van der Waals surface area contributed by atoms with Crippen molar-refractivity contribution >= 4 is 51.9 Å². The Kier molecular flexibility index (Phi) is 7.46. The van der Waals surface area contributed by atoms with E-state index in [0.29, 0.717) is 26.4 Å². The van der Waals surface area contributed by atoms with Crippen LogP contribution in [0.5, 0.6) is 0 Å². The Hall–Kier alpha value is -3.57. The van der Waals surface area contributed by atoms with Gasteiger partial charge in [0.15, 0.2) is 4.34 Å². The van der Waals surface area contributed by atoms with E-state index in [1.165, 1.54) is 48.4 Å². The molecule has 158 valence electrons. The van der Waals surface area contributed by atoms with Gasteiger partial charge < -0.3 is 4.74 Å². The lowest BCUT2D eigenvalue weighted by molar-refractivity contribution is -0.385. The van der Waals surface area contributed by atoms with Crippen LogP contribution >= 0.6 is 23.1 Å². The number of thioether (sulfide) groups is 1. The number of nitrogens with one attached hydrogen (secondary N) is 1. The number of hydrogen-bond donors (Lipinski definition) is 1. The zero-order valence-electron chi connectivity index (χ0n) is 16.2. The Balaban J connectivity index is 1.54. The minimum absolute atomic E-state index is 0.0826. The molecule has 1 heterocycles. The van der Waals surface area contributed by atoms with Gasteiger partial charge in [-0.05, 0) is 29.8 Å². The summed E-state index contributed by atoms with van der Waals surface area (Å²) in [6, 6.07) is 13.2. The molecule has 1 N–H and O–H groups in total. The first-order chi connectivity index (χ1) is 15.0. The van der Waals surface area contributed by atoms with Crippen LogP contribution in [-0.4, -0.2) is 34.1 Å². The van der Waals surface area contributed by atoms with Gasteiger partial charge in [-0.3, -0.25) is 20.2 Å². The van der Waals surface area contributed by atoms with E-state index in [4.69, 9.17) is 0 Å². The number of rotatable bonds is 8. The number of hydrogen-bond acceptors (Lipinski definition) is 9. The number of benzene rings is 2. The third-order valence-corrected chi connectivity index (χ3v) is 5.96. The van der Waals surface area contributed by atoms with Gasteiger partial charge in [0.1, 0.15) is 0 Å². The molecule has 0 saturated heterocycles. The highest BCUT2D eigenvalue weighted by atomic mass is 32.2. The Labute approximate surface area is 185 Å². The van der Waals surface area contributed by atoms with E-state index < -0.39 is 10.8 Å². The minimum Gasteiger partial charge on any atom is -0.465 e. The molecule has 0 atom stereocenters. The molecule has 0 aliphatic heterocycles. The quantitative estimate of drug-likeness (QED) is 0.134. The van der Waals surface area contributed by atoms with Crippen molar-refractivity contribution in [2.45, 2.75) is 10.1 Å². The highest BCUT2D eigenvalue weighted by Gasteiger charge is 2.11. The molecule has 0 bridgehead atoms. The third-order valence-electron chi connectivity index (χ3n) is 3.92. The van der Waals surface area contributed by atoms with Crippen LogP contribution in [0, 0.1) is 10.1 Å². The predicted octanol–water partition coefficient (Wildman–Crippen LogP) is 4.18. The third kappa shape index (κ3) is 6.20. The van der Waals surface area contributed by atoms with Crippen molar-refractivity contribution in [1.29, 1.82) is 0 Å². The zero-order valence-corrected chi connectivity index (χ0v) is 17.8. The maximum absolute atomic E-state index is 12.1. The first kappa shape index (κ1) is 22.1. The van der Waals surface area contributed by atoms with Crippen LogP contribution in [0.25, 0.3) is 6.08 Å². The smallest absolute Gasteiger partial charge is 0.337 e. The van der Waals surface area contributed by atoms with Crippen molar-refractivity contribution in [1.82, 2.24) is 10.2 Å². The van der Waals surface area contributed by atoms with Gasteiger partial charge in [-0.25, -0.2) is 4.79 Å². The van der Waals surface area contributed by atoms with Crippen LogP contribution in [-0.2, 0) is 15.3 Å². The summed E-state index contributed by atoms with van der Waals surface area (Å²) in [5.74, 6) is -0.245. The normalized spacial score (nSPS) is 10.7. The second-order valence-corrected chi connectivity index (χ2v) is 8.19. The summed E-state index contributed by atoms with van der Waals surface area (Å²) < 4.78 is 5.33. The maximum Gasteiger partial charge on any atom is 0.337 e. The van der Waals surface area contributed by atoms with Crippen LogP contribution < -0.4 is 5.32 Å². The Morgan fingerprint density at radius 1 is 1.19 bits per heavy atom. The Bertz CT molecular complexity index is 1130. The molecule has 1 aromatic heterocycles. The summed E-state index contributed by atoms with van der Waals surface area (Å²) in [6.45, 7) is 0. The van der Waals surface area contributed by atoms with Crippen LogP contribution in [0.15, 0.2) is 58.9 Å². The average Bonchev–Trinajstić information content (AvgIpc) is 3.23. The van der Waals surface area contributed by atoms with Gasteiger partial charge in [0.2, 0.25) is 11.0 Å². The second kappa shape index (κ2) is 10.5. The molecular formula is C20H16N4O5S2. The summed E-state index contributed by atoms with van der Waals surface area (Å²) >= 11 is 2.66. The lowest BCUT2D eigenvalue weighted by atomic mass is 10.1. The molecular weight excluding hydrogens is 440 g/mol. The van der Waals surface area contributed by atoms with Crippen molar-refractivity contribution in [3.63, 3.8) is 0 Å². The van der Waals surface area contributed by atoms with Crippen molar-refractivity contribution in [3.8, 4) is 0 Å². The van der Waals surface area contributed by atoms with E-state index in [-0.39, 0.29) is 11.7 Å². The van der Waals surface area contributed by atoms with Crippen LogP contribution in [0.4, 0.5) is 10.8 Å². The summed E-state index contributed by atoms with van der Waals surface area (Å²) in [5.41, 5.74) is 1.71. The van der Waals surface area contributed by atoms with Crippen molar-refractivity contribution < 1.29 is 19.2 Å². The van der Waals surface area contributed by atoms with E-state index in [9.17, 15) is 19.7 Å². The molecule has 0 spiro atoms. The molecule has 0 aliphatic rings. The van der Waals surface area contributed by atoms with Gasteiger partial charge in [0.05, 0.1) is 23.2 Å². The molecule has 0 aliphatic carbocycles. The molecule has 0 fully saturated rings. The first-order valence-corrected chi connectivity index (χ1v) is 10.6. The number of anilines is 1. The van der Waals surface area contributed by atoms with Crippen molar-refractivity contribution in [3.05, 3.63) is 81.4 Å². The molecule has 1 amide bonds. The average molecular weight is 457 g/mol. The minimum atomic E-state index is -0.505. The van der Waals surface area contributed by atoms with Gasteiger partial charge in [0, 0.05) is 17.9 Å². The van der Waals surface area contributed by atoms with E-state index >= 15 is 0 Å². The summed E-state index contributed by atoms with van der Waals surface area (Å²) in [7, 11) is 1.33. The fourth-order valence-electron chi connectivity index (χ4n) is 2.43. The fourth-order valence-corrected chi connectivity index (χ4v) is 4.14. The summed E-state index contributed by atoms with van der Waals surface area (Å²) in [5, 5.41) is 21.9. The van der Waals surface area contributed by atoms with Crippen molar-refractivity contribution in [2.24, 2.45) is 0 Å². The molecule has 11 heteroatoms. The van der Waals surface area contributed by atoms with Crippen LogP contribution in [0.3, 0.4) is 0 Å². The number of nitro benzene ring substituents is 1. The summed E-state index contributed by atoms with van der Waals surface area (Å²) in [6.07, 6.45) is 2.58. The van der Waals surface area contributed by atoms with Crippen molar-refractivity contribution in [2.75, 3.05) is 12.4 Å². The zero-order chi connectivity index (χ0) is 22.2. The van der Waals surface area contributed by atoms with Gasteiger partial charge in [-0.15, -0.1) is 10.2 Å². The van der Waals surface area contributed by atoms with E-state index in [2.05, 4.69) is 20.3 Å². The number of nitrogens with zero attached hydrogens (tertiary/aromatic N) is 3. The van der Waals surface area contributed by atoms with Crippen LogP contribution in [0.1, 0.15) is 21.5 Å². The van der Waals surface area contributed by atoms with Gasteiger partial charge in [-0.2, -0.15) is 0 Å². The second-order valence-electron chi connectivity index (χ2n) is 5.99. The maximum atomic E-state index is 12.1. The molecule has 3 aromatic rings. The topological polar surface area (TPSA) is 124 Å². The van der Waals surface area contributed by atoms with Crippen LogP contribution in [0.2, 0.25) is 0 Å². The molecule has 2 aromatic carbocycles. The molecule has 0 radical (unpaired) electrons. The number of ether oxygens (including phenoxy) is 1. The number of carbonyl (C=O) groups excluding carboxylic acids is 2. The highest BCUT2D eigenvalue weighted by molar-refractivity contribution is 8.00. The Morgan fingerprint density at radius 2 is 1.94 bits per heavy atom. The molecule has 0 saturated carbocycles. The van der Waals surface area contributed by atoms with Gasteiger partial charge in [0.25, 0.3) is 5.69 Å². The number of methoxy groups -OCH3 is 1. The number of carbonyl (C=O) groups is 2. The molecule has 3 rings (SSSR count). The SMILES string of the molecule is COC(=O)c1ccc(CSc2nnc(NC(=O)C=Cc3ccccc3[N+](=O)[O-])s2)cc1. The van der Waals surface area contributed by atoms with E-state index in [0.717, 1.165) is 5.56 Å². The largest absolute Gasteiger partial charge is 0.465 e. The molecule has 9 nitrogen and oxygen atoms in total. The van der Waals surface area contributed by atoms with Gasteiger partial charge >= 0.3 is 5.97 Å². The first-order valence-electron chi connectivity index (χ1n) is 8.82. The number of nitro groups is 1. The molecule has 0 unspecified atom stereocenters. The molecule has 31 heavy (non-hydrogen) atoms. The highest BCUT2D eigenvalue weighted by Crippen LogP contribution is 2.28. The predicted molar refractivity (Wildman–Crippen MR) is 118 cm³/mol.